The number of benzene rings is 1. The molecule has 1 aromatic carbocycles. The van der Waals surface area contributed by atoms with E-state index >= 15 is 0 Å². The van der Waals surface area contributed by atoms with Crippen LogP contribution in [0.1, 0.15) is 5.56 Å². The molecule has 1 saturated heterocycles. The molecule has 1 amide bonds. The van der Waals surface area contributed by atoms with Crippen LogP contribution >= 0.6 is 0 Å². The monoisotopic (exact) mass is 350 g/mol. The summed E-state index contributed by atoms with van der Waals surface area (Å²) in [5.74, 6) is 1.12. The molecule has 1 fully saturated rings. The fourth-order valence-corrected chi connectivity index (χ4v) is 3.27. The number of carbonyl (C=O) groups excluding carboxylic acids is 1. The van der Waals surface area contributed by atoms with Gasteiger partial charge in [0.25, 0.3) is 0 Å². The van der Waals surface area contributed by atoms with Gasteiger partial charge in [0.1, 0.15) is 12.1 Å². The normalized spacial score (nSPS) is 15.3. The van der Waals surface area contributed by atoms with Crippen LogP contribution in [0.5, 0.6) is 0 Å². The fraction of sp³-hybridized carbons (Fsp3) is 0.316. The van der Waals surface area contributed by atoms with Gasteiger partial charge in [-0.2, -0.15) is 0 Å². The van der Waals surface area contributed by atoms with Crippen molar-refractivity contribution in [3.05, 3.63) is 54.4 Å². The van der Waals surface area contributed by atoms with Crippen molar-refractivity contribution in [2.24, 2.45) is 0 Å². The van der Waals surface area contributed by atoms with Gasteiger partial charge in [-0.05, 0) is 31.2 Å². The molecular weight excluding hydrogens is 328 g/mol. The van der Waals surface area contributed by atoms with Crippen LogP contribution in [0.15, 0.2) is 48.8 Å². The Morgan fingerprint density at radius 2 is 1.85 bits per heavy atom. The van der Waals surface area contributed by atoms with Crippen molar-refractivity contribution in [3.63, 3.8) is 0 Å². The molecule has 4 rings (SSSR count). The van der Waals surface area contributed by atoms with Gasteiger partial charge < -0.3 is 10.2 Å². The highest BCUT2D eigenvalue weighted by molar-refractivity contribution is 5.92. The van der Waals surface area contributed by atoms with Crippen LogP contribution in [0, 0.1) is 6.92 Å². The highest BCUT2D eigenvalue weighted by Gasteiger charge is 2.20. The number of pyridine rings is 1. The van der Waals surface area contributed by atoms with Crippen molar-refractivity contribution in [3.8, 4) is 0 Å². The van der Waals surface area contributed by atoms with E-state index in [-0.39, 0.29) is 5.91 Å². The first-order chi connectivity index (χ1) is 12.7. The molecule has 0 radical (unpaired) electrons. The minimum absolute atomic E-state index is 0.0308. The van der Waals surface area contributed by atoms with Crippen LogP contribution in [0.2, 0.25) is 0 Å². The summed E-state index contributed by atoms with van der Waals surface area (Å²) in [6.45, 7) is 5.88. The standard InChI is InChI=1S/C19H22N6O/c1-15-5-7-16(8-6-15)21-18(26)13-23-9-11-24(12-10-23)19-4-2-3-17-22-20-14-25(17)19/h2-8,14H,9-13H2,1H3,(H,21,26). The lowest BCUT2D eigenvalue weighted by molar-refractivity contribution is -0.117. The molecule has 7 nitrogen and oxygen atoms in total. The number of nitrogens with zero attached hydrogens (tertiary/aromatic N) is 5. The van der Waals surface area contributed by atoms with Gasteiger partial charge in [-0.1, -0.05) is 23.8 Å². The molecule has 2 aromatic heterocycles. The number of anilines is 2. The maximum atomic E-state index is 12.3. The minimum atomic E-state index is 0.0308. The van der Waals surface area contributed by atoms with E-state index in [9.17, 15) is 4.79 Å². The van der Waals surface area contributed by atoms with E-state index in [1.165, 1.54) is 5.56 Å². The quantitative estimate of drug-likeness (QED) is 0.777. The van der Waals surface area contributed by atoms with E-state index in [1.807, 2.05) is 47.7 Å². The average Bonchev–Trinajstić information content (AvgIpc) is 3.13. The predicted molar refractivity (Wildman–Crippen MR) is 101 cm³/mol. The smallest absolute Gasteiger partial charge is 0.238 e. The summed E-state index contributed by atoms with van der Waals surface area (Å²) in [5, 5.41) is 11.0. The lowest BCUT2D eigenvalue weighted by Crippen LogP contribution is -2.49. The second-order valence-electron chi connectivity index (χ2n) is 6.62. The second kappa shape index (κ2) is 7.13. The zero-order valence-electron chi connectivity index (χ0n) is 14.8. The maximum absolute atomic E-state index is 12.3. The summed E-state index contributed by atoms with van der Waals surface area (Å²) in [7, 11) is 0. The van der Waals surface area contributed by atoms with Crippen LogP contribution in [-0.2, 0) is 4.79 Å². The zero-order valence-corrected chi connectivity index (χ0v) is 14.8. The summed E-state index contributed by atoms with van der Waals surface area (Å²) in [5.41, 5.74) is 2.88. The average molecular weight is 350 g/mol. The number of piperazine rings is 1. The number of amides is 1. The summed E-state index contributed by atoms with van der Waals surface area (Å²) in [6.07, 6.45) is 1.74. The van der Waals surface area contributed by atoms with Gasteiger partial charge in [-0.25, -0.2) is 0 Å². The molecule has 0 bridgehead atoms. The molecule has 0 saturated carbocycles. The topological polar surface area (TPSA) is 65.8 Å². The Bertz CT molecular complexity index is 896. The first kappa shape index (κ1) is 16.5. The molecule has 7 heteroatoms. The van der Waals surface area contributed by atoms with Crippen molar-refractivity contribution in [2.45, 2.75) is 6.92 Å². The second-order valence-corrected chi connectivity index (χ2v) is 6.62. The van der Waals surface area contributed by atoms with Gasteiger partial charge >= 0.3 is 0 Å². The number of fused-ring (bicyclic) bond motifs is 1. The Kier molecular flexibility index (Phi) is 4.53. The predicted octanol–water partition coefficient (Wildman–Crippen LogP) is 1.80. The van der Waals surface area contributed by atoms with E-state index in [0.717, 1.165) is 43.3 Å². The van der Waals surface area contributed by atoms with Gasteiger partial charge in [-0.3, -0.25) is 14.1 Å². The third-order valence-electron chi connectivity index (χ3n) is 4.71. The molecule has 1 aliphatic rings. The molecule has 3 aromatic rings. The summed E-state index contributed by atoms with van der Waals surface area (Å²) in [6, 6.07) is 13.9. The molecule has 0 unspecified atom stereocenters. The summed E-state index contributed by atoms with van der Waals surface area (Å²) < 4.78 is 2.00. The number of nitrogens with one attached hydrogen (secondary N) is 1. The number of rotatable bonds is 4. The molecule has 3 heterocycles. The minimum Gasteiger partial charge on any atom is -0.355 e. The first-order valence-electron chi connectivity index (χ1n) is 8.82. The highest BCUT2D eigenvalue weighted by atomic mass is 16.2. The van der Waals surface area contributed by atoms with Crippen molar-refractivity contribution < 1.29 is 4.79 Å². The Morgan fingerprint density at radius 1 is 1.08 bits per heavy atom. The summed E-state index contributed by atoms with van der Waals surface area (Å²) >= 11 is 0. The largest absolute Gasteiger partial charge is 0.355 e. The molecule has 26 heavy (non-hydrogen) atoms. The molecule has 0 atom stereocenters. The Morgan fingerprint density at radius 3 is 2.62 bits per heavy atom. The van der Waals surface area contributed by atoms with Gasteiger partial charge in [0.15, 0.2) is 5.65 Å². The SMILES string of the molecule is Cc1ccc(NC(=O)CN2CCN(c3cccc4nncn34)CC2)cc1. The zero-order chi connectivity index (χ0) is 17.9. The van der Waals surface area contributed by atoms with E-state index in [0.29, 0.717) is 6.54 Å². The molecule has 1 N–H and O–H groups in total. The van der Waals surface area contributed by atoms with Gasteiger partial charge in [0.05, 0.1) is 6.54 Å². The van der Waals surface area contributed by atoms with E-state index < -0.39 is 0 Å². The summed E-state index contributed by atoms with van der Waals surface area (Å²) in [4.78, 5) is 16.8. The molecular formula is C19H22N6O. The number of aromatic nitrogens is 3. The van der Waals surface area contributed by atoms with Crippen molar-refractivity contribution in [1.82, 2.24) is 19.5 Å². The molecule has 1 aliphatic heterocycles. The van der Waals surface area contributed by atoms with E-state index in [4.69, 9.17) is 0 Å². The van der Waals surface area contributed by atoms with Gasteiger partial charge in [-0.15, -0.1) is 10.2 Å². The van der Waals surface area contributed by atoms with E-state index in [1.54, 1.807) is 6.33 Å². The third kappa shape index (κ3) is 3.52. The third-order valence-corrected chi connectivity index (χ3v) is 4.71. The van der Waals surface area contributed by atoms with Crippen molar-refractivity contribution in [1.29, 1.82) is 0 Å². The van der Waals surface area contributed by atoms with Crippen molar-refractivity contribution in [2.75, 3.05) is 42.9 Å². The Labute approximate surface area is 152 Å². The number of carbonyl (C=O) groups is 1. The molecule has 0 spiro atoms. The van der Waals surface area contributed by atoms with Crippen LogP contribution in [-0.4, -0.2) is 58.1 Å². The van der Waals surface area contributed by atoms with Gasteiger partial charge in [0.2, 0.25) is 5.91 Å². The van der Waals surface area contributed by atoms with Crippen LogP contribution < -0.4 is 10.2 Å². The number of hydrogen-bond acceptors (Lipinski definition) is 5. The fourth-order valence-electron chi connectivity index (χ4n) is 3.27. The van der Waals surface area contributed by atoms with Crippen LogP contribution in [0.4, 0.5) is 11.5 Å². The number of hydrogen-bond donors (Lipinski definition) is 1. The van der Waals surface area contributed by atoms with Gasteiger partial charge in [0, 0.05) is 31.9 Å². The Balaban J connectivity index is 1.33. The lowest BCUT2D eigenvalue weighted by atomic mass is 10.2. The Hall–Kier alpha value is -2.93. The first-order valence-corrected chi connectivity index (χ1v) is 8.82. The highest BCUT2D eigenvalue weighted by Crippen LogP contribution is 2.17. The lowest BCUT2D eigenvalue weighted by Gasteiger charge is -2.35. The maximum Gasteiger partial charge on any atom is 0.238 e. The van der Waals surface area contributed by atoms with Crippen LogP contribution in [0.3, 0.4) is 0 Å². The molecule has 134 valence electrons. The number of aryl methyl sites for hydroxylation is 1. The van der Waals surface area contributed by atoms with Crippen molar-refractivity contribution >= 4 is 23.1 Å². The molecule has 0 aliphatic carbocycles. The van der Waals surface area contributed by atoms with E-state index in [2.05, 4.69) is 31.4 Å². The van der Waals surface area contributed by atoms with Crippen LogP contribution in [0.25, 0.3) is 5.65 Å².